The van der Waals surface area contributed by atoms with E-state index in [4.69, 9.17) is 4.42 Å². The molecule has 1 aromatic heterocycles. The van der Waals surface area contributed by atoms with Crippen molar-refractivity contribution in [1.29, 1.82) is 0 Å². The first-order valence-corrected chi connectivity index (χ1v) is 5.37. The first kappa shape index (κ1) is 11.4. The number of oxazole rings is 1. The maximum atomic E-state index is 10.9. The lowest BCUT2D eigenvalue weighted by Gasteiger charge is -2.03. The number of aryl methyl sites for hydroxylation is 1. The molecular weight excluding hydrogens is 220 g/mol. The van der Waals surface area contributed by atoms with E-state index in [1.54, 1.807) is 0 Å². The second-order valence-corrected chi connectivity index (χ2v) is 3.70. The van der Waals surface area contributed by atoms with Crippen LogP contribution in [-0.2, 0) is 11.2 Å². The van der Waals surface area contributed by atoms with E-state index in [1.165, 1.54) is 7.11 Å². The highest BCUT2D eigenvalue weighted by atomic mass is 16.5. The molecule has 0 saturated heterocycles. The number of nitrogens with one attached hydrogen (secondary N) is 1. The van der Waals surface area contributed by atoms with Crippen LogP contribution >= 0.6 is 0 Å². The molecular formula is C12H14N2O3. The number of carbonyl (C=O) groups excluding carboxylic acids is 1. The number of alkyl carbamates (subject to hydrolysis) is 1. The van der Waals surface area contributed by atoms with Crippen LogP contribution in [0.1, 0.15) is 11.5 Å². The smallest absolute Gasteiger partial charge is 0.406 e. The van der Waals surface area contributed by atoms with Gasteiger partial charge in [-0.3, -0.25) is 0 Å². The van der Waals surface area contributed by atoms with Gasteiger partial charge in [0.2, 0.25) is 0 Å². The lowest BCUT2D eigenvalue weighted by atomic mass is 10.1. The van der Waals surface area contributed by atoms with E-state index in [9.17, 15) is 4.79 Å². The van der Waals surface area contributed by atoms with Crippen molar-refractivity contribution in [3.05, 3.63) is 29.7 Å². The number of carbonyl (C=O) groups is 1. The van der Waals surface area contributed by atoms with Crippen LogP contribution in [0.25, 0.3) is 11.1 Å². The van der Waals surface area contributed by atoms with Crippen molar-refractivity contribution in [1.82, 2.24) is 10.3 Å². The third kappa shape index (κ3) is 2.75. The standard InChI is InChI=1S/C12H14N2O3/c1-8-14-10-7-9(3-4-11(10)17-8)5-6-13-12(15)16-2/h3-4,7H,5-6H2,1-2H3,(H,13,15). The molecule has 5 nitrogen and oxygen atoms in total. The Kier molecular flexibility index (Phi) is 3.27. The van der Waals surface area contributed by atoms with Crippen molar-refractivity contribution in [2.45, 2.75) is 13.3 Å². The molecule has 0 fully saturated rings. The predicted molar refractivity (Wildman–Crippen MR) is 62.9 cm³/mol. The minimum Gasteiger partial charge on any atom is -0.453 e. The number of fused-ring (bicyclic) bond motifs is 1. The van der Waals surface area contributed by atoms with Crippen LogP contribution in [0.4, 0.5) is 4.79 Å². The maximum Gasteiger partial charge on any atom is 0.406 e. The van der Waals surface area contributed by atoms with Crippen LogP contribution in [0.5, 0.6) is 0 Å². The Balaban J connectivity index is 2.01. The largest absolute Gasteiger partial charge is 0.453 e. The number of hydrogen-bond donors (Lipinski definition) is 1. The highest BCUT2D eigenvalue weighted by Crippen LogP contribution is 2.16. The summed E-state index contributed by atoms with van der Waals surface area (Å²) in [5.74, 6) is 0.657. The van der Waals surface area contributed by atoms with Crippen LogP contribution in [0.15, 0.2) is 22.6 Å². The Labute approximate surface area is 98.8 Å². The number of hydrogen-bond acceptors (Lipinski definition) is 4. The Morgan fingerprint density at radius 1 is 1.53 bits per heavy atom. The zero-order valence-electron chi connectivity index (χ0n) is 9.82. The van der Waals surface area contributed by atoms with Gasteiger partial charge in [0.05, 0.1) is 7.11 Å². The van der Waals surface area contributed by atoms with Gasteiger partial charge in [0.25, 0.3) is 0 Å². The molecule has 1 heterocycles. The molecule has 17 heavy (non-hydrogen) atoms. The predicted octanol–water partition coefficient (Wildman–Crippen LogP) is 2.03. The van der Waals surface area contributed by atoms with Gasteiger partial charge in [0, 0.05) is 13.5 Å². The second-order valence-electron chi connectivity index (χ2n) is 3.70. The van der Waals surface area contributed by atoms with E-state index in [0.717, 1.165) is 23.1 Å². The second kappa shape index (κ2) is 4.86. The van der Waals surface area contributed by atoms with Crippen LogP contribution in [0, 0.1) is 6.92 Å². The lowest BCUT2D eigenvalue weighted by molar-refractivity contribution is 0.171. The Bertz CT molecular complexity index is 534. The third-order valence-corrected chi connectivity index (χ3v) is 2.43. The molecule has 1 aromatic carbocycles. The van der Waals surface area contributed by atoms with E-state index >= 15 is 0 Å². The number of ether oxygens (including phenoxy) is 1. The van der Waals surface area contributed by atoms with E-state index in [0.29, 0.717) is 12.4 Å². The highest BCUT2D eigenvalue weighted by molar-refractivity contribution is 5.73. The van der Waals surface area contributed by atoms with Crippen LogP contribution in [-0.4, -0.2) is 24.7 Å². The topological polar surface area (TPSA) is 64.4 Å². The SMILES string of the molecule is COC(=O)NCCc1ccc2oc(C)nc2c1. The molecule has 0 unspecified atom stereocenters. The van der Waals surface area contributed by atoms with Gasteiger partial charge in [-0.25, -0.2) is 9.78 Å². The van der Waals surface area contributed by atoms with E-state index in [1.807, 2.05) is 25.1 Å². The molecule has 0 aliphatic heterocycles. The first-order valence-electron chi connectivity index (χ1n) is 5.37. The zero-order chi connectivity index (χ0) is 12.3. The van der Waals surface area contributed by atoms with Gasteiger partial charge in [0.1, 0.15) is 5.52 Å². The Morgan fingerprint density at radius 3 is 3.12 bits per heavy atom. The van der Waals surface area contributed by atoms with Gasteiger partial charge in [-0.2, -0.15) is 0 Å². The molecule has 90 valence electrons. The third-order valence-electron chi connectivity index (χ3n) is 2.43. The number of aromatic nitrogens is 1. The molecule has 5 heteroatoms. The highest BCUT2D eigenvalue weighted by Gasteiger charge is 2.03. The number of rotatable bonds is 3. The van der Waals surface area contributed by atoms with E-state index in [-0.39, 0.29) is 0 Å². The Morgan fingerprint density at radius 2 is 2.35 bits per heavy atom. The molecule has 1 amide bonds. The molecule has 0 atom stereocenters. The molecule has 2 rings (SSSR count). The minimum absolute atomic E-state index is 0.414. The fraction of sp³-hybridized carbons (Fsp3) is 0.333. The van der Waals surface area contributed by atoms with Crippen molar-refractivity contribution in [3.8, 4) is 0 Å². The molecule has 0 bridgehead atoms. The van der Waals surface area contributed by atoms with Crippen molar-refractivity contribution in [3.63, 3.8) is 0 Å². The summed E-state index contributed by atoms with van der Waals surface area (Å²) in [6.07, 6.45) is 0.320. The number of nitrogens with zero attached hydrogens (tertiary/aromatic N) is 1. The summed E-state index contributed by atoms with van der Waals surface area (Å²) in [5, 5.41) is 2.63. The molecule has 0 spiro atoms. The summed E-state index contributed by atoms with van der Waals surface area (Å²) in [7, 11) is 1.35. The number of methoxy groups -OCH3 is 1. The maximum absolute atomic E-state index is 10.9. The van der Waals surface area contributed by atoms with Crippen LogP contribution in [0.2, 0.25) is 0 Å². The summed E-state index contributed by atoms with van der Waals surface area (Å²) in [6.45, 7) is 2.35. The van der Waals surface area contributed by atoms with Gasteiger partial charge in [0.15, 0.2) is 11.5 Å². The number of amides is 1. The summed E-state index contributed by atoms with van der Waals surface area (Å²) < 4.78 is 9.87. The van der Waals surface area contributed by atoms with Crippen LogP contribution in [0.3, 0.4) is 0 Å². The number of benzene rings is 1. The van der Waals surface area contributed by atoms with Crippen molar-refractivity contribution in [2.24, 2.45) is 0 Å². The summed E-state index contributed by atoms with van der Waals surface area (Å²) in [6, 6.07) is 5.82. The summed E-state index contributed by atoms with van der Waals surface area (Å²) in [5.41, 5.74) is 2.73. The van der Waals surface area contributed by atoms with E-state index < -0.39 is 6.09 Å². The van der Waals surface area contributed by atoms with Crippen molar-refractivity contribution in [2.75, 3.05) is 13.7 Å². The normalized spacial score (nSPS) is 10.5. The lowest BCUT2D eigenvalue weighted by Crippen LogP contribution is -2.25. The Hall–Kier alpha value is -2.04. The van der Waals surface area contributed by atoms with Gasteiger partial charge in [-0.15, -0.1) is 0 Å². The van der Waals surface area contributed by atoms with Gasteiger partial charge in [-0.05, 0) is 24.1 Å². The molecule has 0 saturated carbocycles. The van der Waals surface area contributed by atoms with Gasteiger partial charge in [-0.1, -0.05) is 6.07 Å². The molecule has 0 aliphatic carbocycles. The molecule has 0 aliphatic rings. The fourth-order valence-electron chi connectivity index (χ4n) is 1.62. The quantitative estimate of drug-likeness (QED) is 0.882. The molecule has 2 aromatic rings. The van der Waals surface area contributed by atoms with Crippen molar-refractivity contribution >= 4 is 17.2 Å². The zero-order valence-corrected chi connectivity index (χ0v) is 9.82. The van der Waals surface area contributed by atoms with E-state index in [2.05, 4.69) is 15.0 Å². The summed E-state index contributed by atoms with van der Waals surface area (Å²) >= 11 is 0. The van der Waals surface area contributed by atoms with Crippen LogP contribution < -0.4 is 5.32 Å². The monoisotopic (exact) mass is 234 g/mol. The van der Waals surface area contributed by atoms with Gasteiger partial charge < -0.3 is 14.5 Å². The molecule has 0 radical (unpaired) electrons. The average molecular weight is 234 g/mol. The average Bonchev–Trinajstić information content (AvgIpc) is 2.68. The molecule has 1 N–H and O–H groups in total. The minimum atomic E-state index is -0.414. The summed E-state index contributed by atoms with van der Waals surface area (Å²) in [4.78, 5) is 15.1. The van der Waals surface area contributed by atoms with Crippen molar-refractivity contribution < 1.29 is 13.9 Å². The first-order chi connectivity index (χ1) is 8.19. The fourth-order valence-corrected chi connectivity index (χ4v) is 1.62. The van der Waals surface area contributed by atoms with Gasteiger partial charge >= 0.3 is 6.09 Å².